The highest BCUT2D eigenvalue weighted by Crippen LogP contribution is 2.22. The molecule has 1 atom stereocenters. The average molecular weight is 149 g/mol. The zero-order chi connectivity index (χ0) is 7.86. The second kappa shape index (κ2) is 7.31. The van der Waals surface area contributed by atoms with Crippen LogP contribution in [0.25, 0.3) is 0 Å². The molecule has 0 radical (unpaired) electrons. The van der Waals surface area contributed by atoms with Gasteiger partial charge < -0.3 is 4.89 Å². The van der Waals surface area contributed by atoms with Crippen LogP contribution in [0.2, 0.25) is 0 Å². The third-order valence-electron chi connectivity index (χ3n) is 0.365. The number of hydrogen-bond donors (Lipinski definition) is 2. The average Bonchev–Trinajstić information content (AvgIpc) is 1.68. The van der Waals surface area contributed by atoms with E-state index in [2.05, 4.69) is 6.58 Å². The van der Waals surface area contributed by atoms with Crippen LogP contribution < -0.4 is 0 Å². The summed E-state index contributed by atoms with van der Waals surface area (Å²) in [4.78, 5) is 16.4. The Hall–Kier alpha value is -0.690. The molecule has 0 rings (SSSR count). The summed E-state index contributed by atoms with van der Waals surface area (Å²) in [5, 5.41) is 5.76. The SMILES string of the molecule is C=C(C)[PH](=O)O.N=C=O. The summed E-state index contributed by atoms with van der Waals surface area (Å²) in [5.41, 5.74) is 0. The van der Waals surface area contributed by atoms with Gasteiger partial charge in [-0.3, -0.25) is 4.57 Å². The molecule has 0 aliphatic carbocycles. The van der Waals surface area contributed by atoms with E-state index in [1.54, 1.807) is 0 Å². The van der Waals surface area contributed by atoms with Gasteiger partial charge >= 0.3 is 0 Å². The van der Waals surface area contributed by atoms with Crippen molar-refractivity contribution in [2.45, 2.75) is 6.92 Å². The van der Waals surface area contributed by atoms with E-state index in [9.17, 15) is 4.57 Å². The fraction of sp³-hybridized carbons (Fsp3) is 0.250. The lowest BCUT2D eigenvalue weighted by atomic mass is 10.8. The predicted molar refractivity (Wildman–Crippen MR) is 34.4 cm³/mol. The Bertz CT molecular complexity index is 136. The molecule has 0 spiro atoms. The molecule has 0 aliphatic rings. The van der Waals surface area contributed by atoms with E-state index in [1.165, 1.54) is 6.92 Å². The highest BCUT2D eigenvalue weighted by atomic mass is 31.1. The summed E-state index contributed by atoms with van der Waals surface area (Å²) in [5.74, 6) is 0. The van der Waals surface area contributed by atoms with Gasteiger partial charge in [-0.05, 0) is 6.92 Å². The van der Waals surface area contributed by atoms with Gasteiger partial charge in [0.2, 0.25) is 14.1 Å². The fourth-order valence-electron chi connectivity index (χ4n) is 0. The molecule has 0 fully saturated rings. The summed E-state index contributed by atoms with van der Waals surface area (Å²) < 4.78 is 9.78. The zero-order valence-electron chi connectivity index (χ0n) is 4.97. The first kappa shape index (κ1) is 11.2. The van der Waals surface area contributed by atoms with Crippen LogP contribution in [0.5, 0.6) is 0 Å². The third-order valence-corrected chi connectivity index (χ3v) is 1.10. The highest BCUT2D eigenvalue weighted by molar-refractivity contribution is 7.43. The van der Waals surface area contributed by atoms with Gasteiger partial charge in [0.1, 0.15) is 0 Å². The van der Waals surface area contributed by atoms with E-state index < -0.39 is 8.03 Å². The lowest BCUT2D eigenvalue weighted by molar-refractivity contribution is 0.510. The molecule has 0 aromatic heterocycles. The predicted octanol–water partition coefficient (Wildman–Crippen LogP) is 0.888. The smallest absolute Gasteiger partial charge is 0.231 e. The Morgan fingerprint density at radius 2 is 2.00 bits per heavy atom. The maximum atomic E-state index is 9.78. The second-order valence-electron chi connectivity index (χ2n) is 1.19. The largest absolute Gasteiger partial charge is 0.343 e. The van der Waals surface area contributed by atoms with Crippen molar-refractivity contribution >= 4 is 14.1 Å². The number of rotatable bonds is 1. The minimum atomic E-state index is -2.40. The molecule has 0 saturated heterocycles. The number of allylic oxidation sites excluding steroid dienone is 1. The van der Waals surface area contributed by atoms with Crippen molar-refractivity contribution in [1.82, 2.24) is 0 Å². The molecule has 4 nitrogen and oxygen atoms in total. The van der Waals surface area contributed by atoms with Crippen LogP contribution in [0.15, 0.2) is 11.9 Å². The van der Waals surface area contributed by atoms with Crippen LogP contribution >= 0.6 is 8.03 Å². The second-order valence-corrected chi connectivity index (χ2v) is 2.65. The van der Waals surface area contributed by atoms with Gasteiger partial charge in [0.05, 0.1) is 0 Å². The Labute approximate surface area is 53.6 Å². The van der Waals surface area contributed by atoms with Crippen LogP contribution in [-0.4, -0.2) is 11.0 Å². The first-order valence-electron chi connectivity index (χ1n) is 1.99. The number of nitrogens with one attached hydrogen (secondary N) is 1. The molecule has 0 aliphatic heterocycles. The van der Waals surface area contributed by atoms with E-state index >= 15 is 0 Å². The van der Waals surface area contributed by atoms with Gasteiger partial charge in [0.15, 0.2) is 0 Å². The first-order chi connectivity index (χ1) is 4.06. The Morgan fingerprint density at radius 3 is 2.00 bits per heavy atom. The zero-order valence-corrected chi connectivity index (χ0v) is 5.97. The molecular formula is C4H8NO3P. The van der Waals surface area contributed by atoms with Gasteiger partial charge in [-0.25, -0.2) is 10.2 Å². The van der Waals surface area contributed by atoms with Crippen molar-refractivity contribution in [2.24, 2.45) is 0 Å². The molecule has 0 aromatic carbocycles. The van der Waals surface area contributed by atoms with Crippen LogP contribution in [0.3, 0.4) is 0 Å². The number of hydrogen-bond acceptors (Lipinski definition) is 3. The van der Waals surface area contributed by atoms with Crippen molar-refractivity contribution < 1.29 is 14.3 Å². The lowest BCUT2D eigenvalue weighted by Crippen LogP contribution is -1.54. The van der Waals surface area contributed by atoms with Gasteiger partial charge in [-0.2, -0.15) is 0 Å². The van der Waals surface area contributed by atoms with Crippen LogP contribution in [0.4, 0.5) is 0 Å². The van der Waals surface area contributed by atoms with E-state index in [4.69, 9.17) is 15.1 Å². The molecule has 5 heteroatoms. The van der Waals surface area contributed by atoms with Crippen LogP contribution in [-0.2, 0) is 9.36 Å². The van der Waals surface area contributed by atoms with Crippen molar-refractivity contribution in [3.8, 4) is 0 Å². The van der Waals surface area contributed by atoms with E-state index in [0.29, 0.717) is 5.31 Å². The minimum Gasteiger partial charge on any atom is -0.343 e. The summed E-state index contributed by atoms with van der Waals surface area (Å²) in [6.07, 6.45) is 0.750. The molecule has 0 heterocycles. The summed E-state index contributed by atoms with van der Waals surface area (Å²) >= 11 is 0. The van der Waals surface area contributed by atoms with E-state index in [-0.39, 0.29) is 0 Å². The van der Waals surface area contributed by atoms with Gasteiger partial charge in [0, 0.05) is 5.31 Å². The van der Waals surface area contributed by atoms with Crippen molar-refractivity contribution in [3.63, 3.8) is 0 Å². The van der Waals surface area contributed by atoms with Crippen LogP contribution in [0.1, 0.15) is 6.92 Å². The molecule has 0 saturated carbocycles. The topological polar surface area (TPSA) is 78.2 Å². The molecule has 0 amide bonds. The van der Waals surface area contributed by atoms with Gasteiger partial charge in [-0.15, -0.1) is 0 Å². The molecular weight excluding hydrogens is 141 g/mol. The summed E-state index contributed by atoms with van der Waals surface area (Å²) in [7, 11) is -2.40. The number of carbonyl (C=O) groups excluding carboxylic acids is 1. The van der Waals surface area contributed by atoms with Crippen molar-refractivity contribution in [3.05, 3.63) is 11.9 Å². The van der Waals surface area contributed by atoms with Crippen molar-refractivity contribution in [1.29, 1.82) is 5.41 Å². The quantitative estimate of drug-likeness (QED) is 0.330. The minimum absolute atomic E-state index is 0.361. The van der Waals surface area contributed by atoms with E-state index in [0.717, 1.165) is 6.08 Å². The van der Waals surface area contributed by atoms with E-state index in [1.807, 2.05) is 0 Å². The molecule has 0 bridgehead atoms. The first-order valence-corrected chi connectivity index (χ1v) is 3.34. The summed E-state index contributed by atoms with van der Waals surface area (Å²) in [6.45, 7) is 4.77. The summed E-state index contributed by atoms with van der Waals surface area (Å²) in [6, 6.07) is 0. The van der Waals surface area contributed by atoms with Gasteiger partial charge in [0.25, 0.3) is 0 Å². The highest BCUT2D eigenvalue weighted by Gasteiger charge is 1.85. The maximum absolute atomic E-state index is 9.78. The fourth-order valence-corrected chi connectivity index (χ4v) is 0. The number of isocyanates is 1. The maximum Gasteiger partial charge on any atom is 0.231 e. The normalized spacial score (nSPS) is 10.0. The van der Waals surface area contributed by atoms with Crippen LogP contribution in [0, 0.1) is 5.41 Å². The Balaban J connectivity index is 0. The van der Waals surface area contributed by atoms with Gasteiger partial charge in [-0.1, -0.05) is 6.58 Å². The molecule has 0 aromatic rings. The molecule has 52 valence electrons. The molecule has 9 heavy (non-hydrogen) atoms. The van der Waals surface area contributed by atoms with Crippen molar-refractivity contribution in [2.75, 3.05) is 0 Å². The Morgan fingerprint density at radius 1 is 1.89 bits per heavy atom. The Kier molecular flexibility index (Phi) is 9.06. The monoisotopic (exact) mass is 149 g/mol. The molecule has 1 unspecified atom stereocenters. The third kappa shape index (κ3) is 18.8. The standard InChI is InChI=1S/C3H7O2P.CHNO/c1-3(2)6(4)5;2-1-3/h6H,1H2,2H3,(H,4,5);2H. The lowest BCUT2D eigenvalue weighted by Gasteiger charge is -1.82. The molecule has 2 N–H and O–H groups in total.